The second-order valence-corrected chi connectivity index (χ2v) is 6.91. The number of benzene rings is 1. The van der Waals surface area contributed by atoms with E-state index in [0.29, 0.717) is 0 Å². The van der Waals surface area contributed by atoms with Gasteiger partial charge in [-0.15, -0.1) is 0 Å². The number of carbonyl (C=O) groups is 2. The molecule has 118 valence electrons. The largest absolute Gasteiger partial charge is 0.369 e. The number of nitrogens with one attached hydrogen (secondary N) is 1. The molecule has 0 radical (unpaired) electrons. The molecule has 2 heterocycles. The summed E-state index contributed by atoms with van der Waals surface area (Å²) in [6.45, 7) is 6.55. The standard InChI is InChI=1S/C17H23N3O2/c1-17(2)13-9-11(3-4-14(13)19-16(17)22)10-20-7-5-12(6-8-20)15(18)21/h3-4,9,12H,5-8,10H2,1-2H3,(H2,18,21)(H,19,22). The second-order valence-electron chi connectivity index (χ2n) is 6.91. The van der Waals surface area contributed by atoms with Gasteiger partial charge in [-0.1, -0.05) is 12.1 Å². The maximum absolute atomic E-state index is 12.0. The molecule has 0 bridgehead atoms. The third-order valence-corrected chi connectivity index (χ3v) is 4.97. The summed E-state index contributed by atoms with van der Waals surface area (Å²) in [5.74, 6) is -0.0949. The van der Waals surface area contributed by atoms with Gasteiger partial charge in [-0.2, -0.15) is 0 Å². The van der Waals surface area contributed by atoms with Crippen LogP contribution in [-0.4, -0.2) is 29.8 Å². The van der Waals surface area contributed by atoms with Crippen molar-refractivity contribution in [1.29, 1.82) is 0 Å². The fourth-order valence-electron chi connectivity index (χ4n) is 3.35. The van der Waals surface area contributed by atoms with E-state index in [1.54, 1.807) is 0 Å². The van der Waals surface area contributed by atoms with Crippen molar-refractivity contribution in [2.45, 2.75) is 38.6 Å². The minimum absolute atomic E-state index is 0.0250. The van der Waals surface area contributed by atoms with Crippen LogP contribution in [0.25, 0.3) is 0 Å². The first-order chi connectivity index (χ1) is 10.4. The number of hydrogen-bond donors (Lipinski definition) is 2. The molecule has 2 aliphatic rings. The van der Waals surface area contributed by atoms with Crippen LogP contribution in [0.1, 0.15) is 37.8 Å². The number of nitrogens with zero attached hydrogens (tertiary/aromatic N) is 1. The lowest BCUT2D eigenvalue weighted by molar-refractivity contribution is -0.123. The highest BCUT2D eigenvalue weighted by molar-refractivity contribution is 6.05. The smallest absolute Gasteiger partial charge is 0.234 e. The van der Waals surface area contributed by atoms with E-state index in [-0.39, 0.29) is 17.7 Å². The van der Waals surface area contributed by atoms with Crippen molar-refractivity contribution in [3.8, 4) is 0 Å². The number of anilines is 1. The van der Waals surface area contributed by atoms with Crippen LogP contribution in [0.15, 0.2) is 18.2 Å². The van der Waals surface area contributed by atoms with Gasteiger partial charge in [0.05, 0.1) is 5.41 Å². The fraction of sp³-hybridized carbons (Fsp3) is 0.529. The van der Waals surface area contributed by atoms with E-state index >= 15 is 0 Å². The van der Waals surface area contributed by atoms with Crippen molar-refractivity contribution >= 4 is 17.5 Å². The third kappa shape index (κ3) is 2.61. The van der Waals surface area contributed by atoms with Gasteiger partial charge in [-0.05, 0) is 57.0 Å². The first-order valence-electron chi connectivity index (χ1n) is 7.84. The van der Waals surface area contributed by atoms with Crippen LogP contribution >= 0.6 is 0 Å². The zero-order valence-electron chi connectivity index (χ0n) is 13.2. The van der Waals surface area contributed by atoms with E-state index in [2.05, 4.69) is 22.3 Å². The highest BCUT2D eigenvalue weighted by Crippen LogP contribution is 2.37. The SMILES string of the molecule is CC1(C)C(=O)Nc2ccc(CN3CCC(C(N)=O)CC3)cc21. The number of piperidine rings is 1. The molecule has 22 heavy (non-hydrogen) atoms. The lowest BCUT2D eigenvalue weighted by atomic mass is 9.85. The Morgan fingerprint density at radius 2 is 2.05 bits per heavy atom. The summed E-state index contributed by atoms with van der Waals surface area (Å²) < 4.78 is 0. The molecule has 0 atom stereocenters. The Morgan fingerprint density at radius 3 is 2.68 bits per heavy atom. The lowest BCUT2D eigenvalue weighted by Gasteiger charge is -2.30. The molecule has 0 saturated carbocycles. The first kappa shape index (κ1) is 15.0. The molecule has 1 aromatic rings. The van der Waals surface area contributed by atoms with Crippen LogP contribution in [-0.2, 0) is 21.5 Å². The number of amides is 2. The van der Waals surface area contributed by atoms with Gasteiger partial charge < -0.3 is 11.1 Å². The van der Waals surface area contributed by atoms with Crippen LogP contribution in [0.5, 0.6) is 0 Å². The topological polar surface area (TPSA) is 75.4 Å². The normalized spacial score (nSPS) is 21.5. The van der Waals surface area contributed by atoms with E-state index in [1.807, 2.05) is 19.9 Å². The summed E-state index contributed by atoms with van der Waals surface area (Å²) >= 11 is 0. The van der Waals surface area contributed by atoms with Crippen molar-refractivity contribution in [1.82, 2.24) is 4.90 Å². The average molecular weight is 301 g/mol. The maximum atomic E-state index is 12.0. The predicted octanol–water partition coefficient (Wildman–Crippen LogP) is 1.61. The summed E-state index contributed by atoms with van der Waals surface area (Å²) in [6, 6.07) is 6.20. The predicted molar refractivity (Wildman–Crippen MR) is 85.3 cm³/mol. The van der Waals surface area contributed by atoms with Gasteiger partial charge in [0.2, 0.25) is 11.8 Å². The van der Waals surface area contributed by atoms with Crippen molar-refractivity contribution in [3.05, 3.63) is 29.3 Å². The van der Waals surface area contributed by atoms with E-state index in [0.717, 1.165) is 43.7 Å². The molecule has 5 nitrogen and oxygen atoms in total. The minimum atomic E-state index is -0.468. The molecule has 1 aromatic carbocycles. The second kappa shape index (κ2) is 5.39. The Hall–Kier alpha value is -1.88. The van der Waals surface area contributed by atoms with Crippen LogP contribution in [0.4, 0.5) is 5.69 Å². The van der Waals surface area contributed by atoms with E-state index in [1.165, 1.54) is 5.56 Å². The number of fused-ring (bicyclic) bond motifs is 1. The fourth-order valence-corrected chi connectivity index (χ4v) is 3.35. The van der Waals surface area contributed by atoms with Gasteiger partial charge in [0.1, 0.15) is 0 Å². The Kier molecular flexibility index (Phi) is 3.68. The van der Waals surface area contributed by atoms with Crippen LogP contribution in [0.3, 0.4) is 0 Å². The Balaban J connectivity index is 1.69. The van der Waals surface area contributed by atoms with E-state index in [9.17, 15) is 9.59 Å². The summed E-state index contributed by atoms with van der Waals surface area (Å²) in [4.78, 5) is 25.5. The minimum Gasteiger partial charge on any atom is -0.369 e. The van der Waals surface area contributed by atoms with Crippen LogP contribution < -0.4 is 11.1 Å². The van der Waals surface area contributed by atoms with Crippen LogP contribution in [0, 0.1) is 5.92 Å². The van der Waals surface area contributed by atoms with Crippen molar-refractivity contribution < 1.29 is 9.59 Å². The molecule has 5 heteroatoms. The Labute approximate surface area is 130 Å². The number of likely N-dealkylation sites (tertiary alicyclic amines) is 1. The highest BCUT2D eigenvalue weighted by atomic mass is 16.2. The molecule has 3 rings (SSSR count). The summed E-state index contributed by atoms with van der Waals surface area (Å²) in [5.41, 5.74) is 8.11. The molecule has 1 saturated heterocycles. The van der Waals surface area contributed by atoms with Gasteiger partial charge in [0.15, 0.2) is 0 Å². The zero-order valence-corrected chi connectivity index (χ0v) is 13.2. The van der Waals surface area contributed by atoms with Crippen LogP contribution in [0.2, 0.25) is 0 Å². The molecule has 0 unspecified atom stereocenters. The third-order valence-electron chi connectivity index (χ3n) is 4.97. The maximum Gasteiger partial charge on any atom is 0.234 e. The molecule has 1 fully saturated rings. The molecular formula is C17H23N3O2. The summed E-state index contributed by atoms with van der Waals surface area (Å²) in [7, 11) is 0. The Morgan fingerprint density at radius 1 is 1.36 bits per heavy atom. The molecule has 2 aliphatic heterocycles. The summed E-state index contributed by atoms with van der Waals surface area (Å²) in [5, 5.41) is 2.93. The first-order valence-corrected chi connectivity index (χ1v) is 7.84. The molecular weight excluding hydrogens is 278 g/mol. The Bertz CT molecular complexity index is 616. The quantitative estimate of drug-likeness (QED) is 0.890. The van der Waals surface area contributed by atoms with Gasteiger partial charge in [-0.3, -0.25) is 14.5 Å². The van der Waals surface area contributed by atoms with Gasteiger partial charge in [0, 0.05) is 18.2 Å². The number of carbonyl (C=O) groups excluding carboxylic acids is 2. The monoisotopic (exact) mass is 301 g/mol. The molecule has 0 spiro atoms. The molecule has 3 N–H and O–H groups in total. The zero-order chi connectivity index (χ0) is 15.9. The average Bonchev–Trinajstić information content (AvgIpc) is 2.70. The van der Waals surface area contributed by atoms with E-state index in [4.69, 9.17) is 5.73 Å². The number of primary amides is 1. The van der Waals surface area contributed by atoms with Crippen molar-refractivity contribution in [2.75, 3.05) is 18.4 Å². The summed E-state index contributed by atoms with van der Waals surface area (Å²) in [6.07, 6.45) is 1.68. The van der Waals surface area contributed by atoms with E-state index < -0.39 is 5.41 Å². The van der Waals surface area contributed by atoms with Crippen molar-refractivity contribution in [2.24, 2.45) is 11.7 Å². The van der Waals surface area contributed by atoms with Crippen molar-refractivity contribution in [3.63, 3.8) is 0 Å². The number of rotatable bonds is 3. The number of nitrogens with two attached hydrogens (primary N) is 1. The number of hydrogen-bond acceptors (Lipinski definition) is 3. The highest BCUT2D eigenvalue weighted by Gasteiger charge is 2.38. The van der Waals surface area contributed by atoms with Gasteiger partial charge >= 0.3 is 0 Å². The van der Waals surface area contributed by atoms with Gasteiger partial charge in [0.25, 0.3) is 0 Å². The molecule has 2 amide bonds. The molecule has 0 aliphatic carbocycles. The lowest BCUT2D eigenvalue weighted by Crippen LogP contribution is -2.38. The molecule has 0 aromatic heterocycles. The van der Waals surface area contributed by atoms with Gasteiger partial charge in [-0.25, -0.2) is 0 Å².